The number of amides is 1. The van der Waals surface area contributed by atoms with E-state index in [2.05, 4.69) is 0 Å². The molecular formula is C14H18N2O4. The smallest absolute Gasteiger partial charge is 0.335 e. The molecule has 1 heterocycles. The summed E-state index contributed by atoms with van der Waals surface area (Å²) < 4.78 is 5.16. The summed E-state index contributed by atoms with van der Waals surface area (Å²) in [6.07, 6.45) is 1.60. The van der Waals surface area contributed by atoms with Crippen LogP contribution < -0.4 is 10.6 Å². The Kier molecular flexibility index (Phi) is 4.70. The van der Waals surface area contributed by atoms with E-state index in [4.69, 9.17) is 15.6 Å². The summed E-state index contributed by atoms with van der Waals surface area (Å²) in [5, 5.41) is 8.99. The van der Waals surface area contributed by atoms with Gasteiger partial charge in [-0.2, -0.15) is 0 Å². The number of carbonyl (C=O) groups excluding carboxylic acids is 1. The van der Waals surface area contributed by atoms with E-state index < -0.39 is 5.97 Å². The second-order valence-corrected chi connectivity index (χ2v) is 4.64. The fourth-order valence-electron chi connectivity index (χ4n) is 2.31. The van der Waals surface area contributed by atoms with Gasteiger partial charge in [-0.3, -0.25) is 4.79 Å². The first-order valence-electron chi connectivity index (χ1n) is 6.58. The van der Waals surface area contributed by atoms with Gasteiger partial charge in [0.15, 0.2) is 0 Å². The monoisotopic (exact) mass is 278 g/mol. The largest absolute Gasteiger partial charge is 0.478 e. The van der Waals surface area contributed by atoms with Crippen LogP contribution in [-0.2, 0) is 16.0 Å². The maximum atomic E-state index is 12.1. The van der Waals surface area contributed by atoms with Crippen molar-refractivity contribution in [1.82, 2.24) is 0 Å². The predicted molar refractivity (Wildman–Crippen MR) is 73.9 cm³/mol. The molecule has 2 rings (SSSR count). The number of hydrogen-bond acceptors (Lipinski definition) is 4. The number of ether oxygens (including phenoxy) is 1. The Morgan fingerprint density at radius 1 is 1.40 bits per heavy atom. The van der Waals surface area contributed by atoms with Gasteiger partial charge in [-0.1, -0.05) is 0 Å². The molecule has 0 radical (unpaired) electrons. The Hall–Kier alpha value is -1.92. The van der Waals surface area contributed by atoms with Crippen LogP contribution in [0.15, 0.2) is 18.2 Å². The van der Waals surface area contributed by atoms with Crippen LogP contribution >= 0.6 is 0 Å². The highest BCUT2D eigenvalue weighted by atomic mass is 16.5. The van der Waals surface area contributed by atoms with Crippen LogP contribution in [0.4, 0.5) is 5.69 Å². The van der Waals surface area contributed by atoms with Crippen LogP contribution in [0.3, 0.4) is 0 Å². The molecule has 1 aliphatic heterocycles. The Morgan fingerprint density at radius 2 is 2.20 bits per heavy atom. The first-order chi connectivity index (χ1) is 9.63. The van der Waals surface area contributed by atoms with Gasteiger partial charge in [0.1, 0.15) is 6.61 Å². The number of carboxylic acid groups (broad SMARTS) is 1. The zero-order valence-electron chi connectivity index (χ0n) is 11.2. The minimum absolute atomic E-state index is 0.00266. The molecular weight excluding hydrogens is 260 g/mol. The third-order valence-electron chi connectivity index (χ3n) is 3.23. The highest BCUT2D eigenvalue weighted by Crippen LogP contribution is 2.28. The fourth-order valence-corrected chi connectivity index (χ4v) is 2.31. The van der Waals surface area contributed by atoms with E-state index >= 15 is 0 Å². The zero-order chi connectivity index (χ0) is 14.5. The van der Waals surface area contributed by atoms with Crippen molar-refractivity contribution in [2.24, 2.45) is 5.73 Å². The van der Waals surface area contributed by atoms with Gasteiger partial charge in [-0.05, 0) is 36.6 Å². The standard InChI is InChI=1S/C14H18N2O4/c15-5-7-20-9-13(17)16-6-1-2-10-8-11(14(18)19)3-4-12(10)16/h3-4,8H,1-2,5-7,9,15H2,(H,18,19). The number of aromatic carboxylic acids is 1. The predicted octanol–water partition coefficient (Wildman–Crippen LogP) is 0.639. The number of hydrogen-bond donors (Lipinski definition) is 2. The van der Waals surface area contributed by atoms with Gasteiger partial charge >= 0.3 is 5.97 Å². The highest BCUT2D eigenvalue weighted by molar-refractivity contribution is 5.96. The van der Waals surface area contributed by atoms with Crippen molar-refractivity contribution < 1.29 is 19.4 Å². The number of nitrogens with two attached hydrogens (primary N) is 1. The number of carbonyl (C=O) groups is 2. The second kappa shape index (κ2) is 6.49. The van der Waals surface area contributed by atoms with E-state index in [1.807, 2.05) is 0 Å². The molecule has 0 saturated heterocycles. The summed E-state index contributed by atoms with van der Waals surface area (Å²) in [5.74, 6) is -1.08. The van der Waals surface area contributed by atoms with Gasteiger partial charge in [-0.15, -0.1) is 0 Å². The lowest BCUT2D eigenvalue weighted by Gasteiger charge is -2.29. The molecule has 0 spiro atoms. The molecule has 3 N–H and O–H groups in total. The van der Waals surface area contributed by atoms with E-state index in [9.17, 15) is 9.59 Å². The quantitative estimate of drug-likeness (QED) is 0.771. The Morgan fingerprint density at radius 3 is 2.90 bits per heavy atom. The summed E-state index contributed by atoms with van der Waals surface area (Å²) in [5.41, 5.74) is 7.23. The maximum Gasteiger partial charge on any atom is 0.335 e. The van der Waals surface area contributed by atoms with E-state index in [0.29, 0.717) is 19.7 Å². The maximum absolute atomic E-state index is 12.1. The fraction of sp³-hybridized carbons (Fsp3) is 0.429. The molecule has 1 amide bonds. The Bertz CT molecular complexity index is 516. The van der Waals surface area contributed by atoms with Crippen LogP contribution in [0.2, 0.25) is 0 Å². The lowest BCUT2D eigenvalue weighted by molar-refractivity contribution is -0.123. The number of nitrogens with zero attached hydrogens (tertiary/aromatic N) is 1. The summed E-state index contributed by atoms with van der Waals surface area (Å²) >= 11 is 0. The molecule has 0 unspecified atom stereocenters. The molecule has 0 fully saturated rings. The van der Waals surface area contributed by atoms with Crippen molar-refractivity contribution in [3.63, 3.8) is 0 Å². The van der Waals surface area contributed by atoms with Crippen molar-refractivity contribution in [2.75, 3.05) is 31.2 Å². The first kappa shape index (κ1) is 14.5. The zero-order valence-corrected chi connectivity index (χ0v) is 11.2. The minimum Gasteiger partial charge on any atom is -0.478 e. The Balaban J connectivity index is 2.15. The van der Waals surface area contributed by atoms with Crippen LogP contribution in [0.1, 0.15) is 22.3 Å². The van der Waals surface area contributed by atoms with Crippen molar-refractivity contribution >= 4 is 17.6 Å². The van der Waals surface area contributed by atoms with Gasteiger partial charge in [0, 0.05) is 18.8 Å². The molecule has 6 nitrogen and oxygen atoms in total. The van der Waals surface area contributed by atoms with Crippen molar-refractivity contribution in [1.29, 1.82) is 0 Å². The first-order valence-corrected chi connectivity index (χ1v) is 6.58. The normalized spacial score (nSPS) is 13.9. The number of fused-ring (bicyclic) bond motifs is 1. The second-order valence-electron chi connectivity index (χ2n) is 4.64. The van der Waals surface area contributed by atoms with Crippen molar-refractivity contribution in [3.05, 3.63) is 29.3 Å². The van der Waals surface area contributed by atoms with Gasteiger partial charge in [-0.25, -0.2) is 4.79 Å². The van der Waals surface area contributed by atoms with Crippen LogP contribution in [0, 0.1) is 0 Å². The summed E-state index contributed by atoms with van der Waals surface area (Å²) in [4.78, 5) is 24.7. The van der Waals surface area contributed by atoms with E-state index in [1.54, 1.807) is 17.0 Å². The molecule has 0 saturated carbocycles. The average Bonchev–Trinajstić information content (AvgIpc) is 2.46. The molecule has 1 aromatic carbocycles. The molecule has 108 valence electrons. The van der Waals surface area contributed by atoms with E-state index in [1.165, 1.54) is 6.07 Å². The molecule has 0 bridgehead atoms. The molecule has 0 aliphatic carbocycles. The number of benzene rings is 1. The van der Waals surface area contributed by atoms with Gasteiger partial charge < -0.3 is 20.5 Å². The summed E-state index contributed by atoms with van der Waals surface area (Å²) in [6.45, 7) is 1.36. The van der Waals surface area contributed by atoms with Crippen LogP contribution in [0.5, 0.6) is 0 Å². The summed E-state index contributed by atoms with van der Waals surface area (Å²) in [6, 6.07) is 4.85. The Labute approximate surface area is 117 Å². The number of rotatable bonds is 5. The molecule has 1 aliphatic rings. The highest BCUT2D eigenvalue weighted by Gasteiger charge is 2.23. The number of anilines is 1. The minimum atomic E-state index is -0.956. The number of carboxylic acids is 1. The van der Waals surface area contributed by atoms with Gasteiger partial charge in [0.25, 0.3) is 5.91 Å². The van der Waals surface area contributed by atoms with Crippen molar-refractivity contribution in [3.8, 4) is 0 Å². The van der Waals surface area contributed by atoms with Crippen LogP contribution in [-0.4, -0.2) is 43.3 Å². The van der Waals surface area contributed by atoms with Gasteiger partial charge in [0.05, 0.1) is 12.2 Å². The average molecular weight is 278 g/mol. The van der Waals surface area contributed by atoms with E-state index in [-0.39, 0.29) is 18.1 Å². The van der Waals surface area contributed by atoms with Crippen molar-refractivity contribution in [2.45, 2.75) is 12.8 Å². The summed E-state index contributed by atoms with van der Waals surface area (Å²) in [7, 11) is 0. The molecule has 1 aromatic rings. The molecule has 20 heavy (non-hydrogen) atoms. The SMILES string of the molecule is NCCOCC(=O)N1CCCc2cc(C(=O)O)ccc21. The van der Waals surface area contributed by atoms with E-state index in [0.717, 1.165) is 24.1 Å². The van der Waals surface area contributed by atoms with Crippen LogP contribution in [0.25, 0.3) is 0 Å². The molecule has 6 heteroatoms. The lowest BCUT2D eigenvalue weighted by atomic mass is 9.99. The lowest BCUT2D eigenvalue weighted by Crippen LogP contribution is -2.38. The topological polar surface area (TPSA) is 92.9 Å². The molecule has 0 atom stereocenters. The number of aryl methyl sites for hydroxylation is 1. The third-order valence-corrected chi connectivity index (χ3v) is 3.23. The third kappa shape index (κ3) is 3.15. The van der Waals surface area contributed by atoms with Gasteiger partial charge in [0.2, 0.25) is 0 Å². The molecule has 0 aromatic heterocycles.